The van der Waals surface area contributed by atoms with Gasteiger partial charge in [-0.1, -0.05) is 0 Å². The van der Waals surface area contributed by atoms with Gasteiger partial charge in [0.1, 0.15) is 0 Å². The van der Waals surface area contributed by atoms with Gasteiger partial charge in [-0.2, -0.15) is 0 Å². The number of carbonyl (C=O) groups excluding carboxylic acids is 4. The van der Waals surface area contributed by atoms with E-state index in [-0.39, 0.29) is 35.7 Å². The Bertz CT molecular complexity index is 586. The highest BCUT2D eigenvalue weighted by atomic mass is 16.2. The molecule has 0 aromatic heterocycles. The predicted molar refractivity (Wildman–Crippen MR) is 86.4 cm³/mol. The van der Waals surface area contributed by atoms with Gasteiger partial charge < -0.3 is 0 Å². The average molecular weight is 334 g/mol. The van der Waals surface area contributed by atoms with Crippen molar-refractivity contribution in [1.29, 1.82) is 0 Å². The molecule has 3 rings (SSSR count). The van der Waals surface area contributed by atoms with E-state index in [1.807, 2.05) is 0 Å². The summed E-state index contributed by atoms with van der Waals surface area (Å²) in [6.07, 6.45) is 0. The Morgan fingerprint density at radius 2 is 0.708 bits per heavy atom. The molecule has 0 atom stereocenters. The molecule has 24 heavy (non-hydrogen) atoms. The van der Waals surface area contributed by atoms with Crippen LogP contribution in [-0.4, -0.2) is 45.5 Å². The first-order valence-corrected chi connectivity index (χ1v) is 8.54. The van der Waals surface area contributed by atoms with Crippen LogP contribution in [0.1, 0.15) is 55.4 Å². The van der Waals surface area contributed by atoms with Crippen molar-refractivity contribution < 1.29 is 19.2 Å². The zero-order valence-corrected chi connectivity index (χ0v) is 15.7. The lowest BCUT2D eigenvalue weighted by Gasteiger charge is -2.67. The lowest BCUT2D eigenvalue weighted by molar-refractivity contribution is -0.243. The van der Waals surface area contributed by atoms with Gasteiger partial charge >= 0.3 is 0 Å². The Balaban J connectivity index is 2.31. The summed E-state index contributed by atoms with van der Waals surface area (Å²) in [5, 5.41) is 0. The topological polar surface area (TPSA) is 74.8 Å². The Hall–Kier alpha value is -1.72. The van der Waals surface area contributed by atoms with E-state index >= 15 is 0 Å². The Morgan fingerprint density at radius 1 is 0.542 bits per heavy atom. The molecule has 2 aliphatic heterocycles. The van der Waals surface area contributed by atoms with E-state index < -0.39 is 21.7 Å². The van der Waals surface area contributed by atoms with Crippen LogP contribution in [0, 0.1) is 21.7 Å². The minimum atomic E-state index is -1.20. The van der Waals surface area contributed by atoms with E-state index in [4.69, 9.17) is 0 Å². The summed E-state index contributed by atoms with van der Waals surface area (Å²) in [4.78, 5) is 55.2. The van der Waals surface area contributed by atoms with Gasteiger partial charge in [0.25, 0.3) is 0 Å². The van der Waals surface area contributed by atoms with Gasteiger partial charge in [0, 0.05) is 12.1 Å². The molecule has 0 aromatic rings. The highest BCUT2D eigenvalue weighted by Crippen LogP contribution is 2.84. The van der Waals surface area contributed by atoms with Crippen molar-refractivity contribution in [3.63, 3.8) is 0 Å². The first kappa shape index (κ1) is 17.1. The third kappa shape index (κ3) is 1.11. The van der Waals surface area contributed by atoms with Crippen molar-refractivity contribution in [2.24, 2.45) is 21.7 Å². The van der Waals surface area contributed by atoms with Crippen molar-refractivity contribution in [2.75, 3.05) is 0 Å². The molecule has 6 heteroatoms. The Morgan fingerprint density at radius 3 is 0.833 bits per heavy atom. The summed E-state index contributed by atoms with van der Waals surface area (Å²) in [6, 6.07) is -0.604. The van der Waals surface area contributed by atoms with Gasteiger partial charge in [-0.25, -0.2) is 0 Å². The maximum Gasteiger partial charge on any atom is 0.237 e. The zero-order chi connectivity index (χ0) is 18.6. The number of rotatable bonds is 2. The summed E-state index contributed by atoms with van der Waals surface area (Å²) in [6.45, 7) is 13.8. The van der Waals surface area contributed by atoms with E-state index in [1.54, 1.807) is 55.4 Å². The van der Waals surface area contributed by atoms with Crippen molar-refractivity contribution >= 4 is 23.6 Å². The molecule has 1 aliphatic carbocycles. The van der Waals surface area contributed by atoms with Crippen LogP contribution < -0.4 is 0 Å². The third-order valence-electron chi connectivity index (χ3n) is 7.62. The molecule has 4 amide bonds. The predicted octanol–water partition coefficient (Wildman–Crippen LogP) is 1.58. The molecule has 0 spiro atoms. The second-order valence-corrected chi connectivity index (χ2v) is 8.65. The van der Waals surface area contributed by atoms with Gasteiger partial charge in [0.2, 0.25) is 23.6 Å². The molecular formula is C18H26N2O4. The number of amides is 4. The molecule has 2 saturated heterocycles. The van der Waals surface area contributed by atoms with Crippen LogP contribution in [0.25, 0.3) is 0 Å². The van der Waals surface area contributed by atoms with Gasteiger partial charge in [-0.05, 0) is 55.4 Å². The fraction of sp³-hybridized carbons (Fsp3) is 0.778. The van der Waals surface area contributed by atoms with Crippen molar-refractivity contribution in [3.05, 3.63) is 0 Å². The zero-order valence-electron chi connectivity index (χ0n) is 15.7. The number of fused-ring (bicyclic) bond motifs is 4. The molecule has 132 valence electrons. The summed E-state index contributed by atoms with van der Waals surface area (Å²) in [5.41, 5.74) is -4.81. The largest absolute Gasteiger partial charge is 0.279 e. The number of carbonyl (C=O) groups is 4. The average Bonchev–Trinajstić information content (AvgIpc) is 2.72. The van der Waals surface area contributed by atoms with Gasteiger partial charge in [-0.15, -0.1) is 0 Å². The van der Waals surface area contributed by atoms with Crippen LogP contribution >= 0.6 is 0 Å². The molecule has 6 nitrogen and oxygen atoms in total. The maximum atomic E-state index is 13.2. The van der Waals surface area contributed by atoms with Crippen LogP contribution in [0.15, 0.2) is 0 Å². The highest BCUT2D eigenvalue weighted by molar-refractivity contribution is 6.24. The Kier molecular flexibility index (Phi) is 2.91. The molecule has 0 bridgehead atoms. The standard InChI is InChI=1S/C18H26N2O4/c1-9(2)19-11(21)15(5)16(6,12(19)22)18(8)14(24)20(10(3)4)13(23)17(15,18)7/h9-10H,1-8H3. The summed E-state index contributed by atoms with van der Waals surface area (Å²) < 4.78 is 0. The number of likely N-dealkylation sites (tertiary alicyclic amines) is 2. The third-order valence-corrected chi connectivity index (χ3v) is 7.62. The number of imide groups is 2. The van der Waals surface area contributed by atoms with Crippen LogP contribution in [0.4, 0.5) is 0 Å². The fourth-order valence-corrected chi connectivity index (χ4v) is 5.73. The summed E-state index contributed by atoms with van der Waals surface area (Å²) in [7, 11) is 0. The number of hydrogen-bond donors (Lipinski definition) is 0. The molecule has 0 aromatic carbocycles. The van der Waals surface area contributed by atoms with E-state index in [0.29, 0.717) is 0 Å². The summed E-state index contributed by atoms with van der Waals surface area (Å²) >= 11 is 0. The first-order chi connectivity index (χ1) is 10.8. The molecule has 1 saturated carbocycles. The molecule has 0 radical (unpaired) electrons. The first-order valence-electron chi connectivity index (χ1n) is 8.54. The quantitative estimate of drug-likeness (QED) is 0.719. The van der Waals surface area contributed by atoms with E-state index in [2.05, 4.69) is 0 Å². The van der Waals surface area contributed by atoms with Crippen molar-refractivity contribution in [1.82, 2.24) is 9.80 Å². The monoisotopic (exact) mass is 334 g/mol. The van der Waals surface area contributed by atoms with E-state index in [9.17, 15) is 19.2 Å². The SMILES string of the molecule is CC(C)N1C(=O)C2(C)C(C)(C1=O)C1(C)C(=O)N(C(C)C)C(=O)C21C. The molecule has 3 fully saturated rings. The molecule has 0 unspecified atom stereocenters. The maximum absolute atomic E-state index is 13.2. The second-order valence-electron chi connectivity index (χ2n) is 8.65. The minimum absolute atomic E-state index is 0.302. The number of hydrogen-bond acceptors (Lipinski definition) is 4. The molecule has 0 N–H and O–H groups in total. The highest BCUT2D eigenvalue weighted by Gasteiger charge is 2.96. The van der Waals surface area contributed by atoms with Gasteiger partial charge in [-0.3, -0.25) is 29.0 Å². The second kappa shape index (κ2) is 4.09. The van der Waals surface area contributed by atoms with Gasteiger partial charge in [0.05, 0.1) is 21.7 Å². The minimum Gasteiger partial charge on any atom is -0.279 e. The lowest BCUT2D eigenvalue weighted by atomic mass is 9.27. The Labute approximate surface area is 142 Å². The van der Waals surface area contributed by atoms with E-state index in [0.717, 1.165) is 0 Å². The molecule has 3 aliphatic rings. The smallest absolute Gasteiger partial charge is 0.237 e. The van der Waals surface area contributed by atoms with Crippen LogP contribution in [0.2, 0.25) is 0 Å². The molecular weight excluding hydrogens is 308 g/mol. The van der Waals surface area contributed by atoms with E-state index in [1.165, 1.54) is 9.80 Å². The van der Waals surface area contributed by atoms with Crippen molar-refractivity contribution in [2.45, 2.75) is 67.5 Å². The van der Waals surface area contributed by atoms with Crippen LogP contribution in [0.3, 0.4) is 0 Å². The lowest BCUT2D eigenvalue weighted by Crippen LogP contribution is -2.77. The van der Waals surface area contributed by atoms with Crippen LogP contribution in [0.5, 0.6) is 0 Å². The summed E-state index contributed by atoms with van der Waals surface area (Å²) in [5.74, 6) is -1.35. The van der Waals surface area contributed by atoms with Gasteiger partial charge in [0.15, 0.2) is 0 Å². The van der Waals surface area contributed by atoms with Crippen LogP contribution in [-0.2, 0) is 19.2 Å². The fourth-order valence-electron chi connectivity index (χ4n) is 5.73. The normalized spacial score (nSPS) is 44.6. The van der Waals surface area contributed by atoms with Crippen molar-refractivity contribution in [3.8, 4) is 0 Å². The number of nitrogens with zero attached hydrogens (tertiary/aromatic N) is 2. The molecule has 2 heterocycles.